The Labute approximate surface area is 96.4 Å². The molecule has 16 heavy (non-hydrogen) atoms. The smallest absolute Gasteiger partial charge is 0.308 e. The lowest BCUT2D eigenvalue weighted by Crippen LogP contribution is -2.32. The van der Waals surface area contributed by atoms with E-state index < -0.39 is 11.9 Å². The molecule has 1 rings (SSSR count). The SMILES string of the molecule is CC(CNC(=O)CC1CCCCC1)C(=O)O. The topological polar surface area (TPSA) is 66.4 Å². The number of carboxylic acid groups (broad SMARTS) is 1. The standard InChI is InChI=1S/C12H21NO3/c1-9(12(15)16)8-13-11(14)7-10-5-3-2-4-6-10/h9-10H,2-8H2,1H3,(H,13,14)(H,15,16). The lowest BCUT2D eigenvalue weighted by Gasteiger charge is -2.21. The molecule has 0 radical (unpaired) electrons. The quantitative estimate of drug-likeness (QED) is 0.752. The summed E-state index contributed by atoms with van der Waals surface area (Å²) in [4.78, 5) is 22.1. The van der Waals surface area contributed by atoms with Crippen molar-refractivity contribution in [1.82, 2.24) is 5.32 Å². The lowest BCUT2D eigenvalue weighted by molar-refractivity contribution is -0.141. The molecule has 1 aliphatic rings. The number of carbonyl (C=O) groups excluding carboxylic acids is 1. The Kier molecular flexibility index (Phi) is 5.29. The van der Waals surface area contributed by atoms with Gasteiger partial charge in [0, 0.05) is 13.0 Å². The van der Waals surface area contributed by atoms with E-state index in [4.69, 9.17) is 5.11 Å². The van der Waals surface area contributed by atoms with Crippen molar-refractivity contribution in [2.24, 2.45) is 11.8 Å². The predicted octanol–water partition coefficient (Wildman–Crippen LogP) is 1.79. The number of amides is 1. The molecule has 2 N–H and O–H groups in total. The van der Waals surface area contributed by atoms with Crippen molar-refractivity contribution in [3.63, 3.8) is 0 Å². The van der Waals surface area contributed by atoms with Gasteiger partial charge in [-0.05, 0) is 18.8 Å². The van der Waals surface area contributed by atoms with Crippen molar-refractivity contribution in [1.29, 1.82) is 0 Å². The predicted molar refractivity (Wildman–Crippen MR) is 61.0 cm³/mol. The van der Waals surface area contributed by atoms with E-state index in [1.54, 1.807) is 6.92 Å². The maximum atomic E-state index is 11.5. The molecule has 1 unspecified atom stereocenters. The molecular formula is C12H21NO3. The van der Waals surface area contributed by atoms with Crippen LogP contribution in [0, 0.1) is 11.8 Å². The van der Waals surface area contributed by atoms with Crippen LogP contribution in [0.25, 0.3) is 0 Å². The largest absolute Gasteiger partial charge is 0.481 e. The number of carboxylic acids is 1. The Bertz CT molecular complexity index is 247. The summed E-state index contributed by atoms with van der Waals surface area (Å²) in [7, 11) is 0. The van der Waals surface area contributed by atoms with Crippen molar-refractivity contribution in [3.8, 4) is 0 Å². The Morgan fingerprint density at radius 3 is 2.50 bits per heavy atom. The summed E-state index contributed by atoms with van der Waals surface area (Å²) in [6.45, 7) is 1.84. The van der Waals surface area contributed by atoms with Gasteiger partial charge in [0.15, 0.2) is 0 Å². The summed E-state index contributed by atoms with van der Waals surface area (Å²) in [5, 5.41) is 11.4. The monoisotopic (exact) mass is 227 g/mol. The number of aliphatic carboxylic acids is 1. The molecule has 1 aliphatic carbocycles. The minimum atomic E-state index is -0.863. The highest BCUT2D eigenvalue weighted by Crippen LogP contribution is 2.25. The summed E-state index contributed by atoms with van der Waals surface area (Å²) in [5.41, 5.74) is 0. The molecule has 4 nitrogen and oxygen atoms in total. The van der Waals surface area contributed by atoms with Gasteiger partial charge in [-0.25, -0.2) is 0 Å². The number of hydrogen-bond donors (Lipinski definition) is 2. The van der Waals surface area contributed by atoms with Gasteiger partial charge < -0.3 is 10.4 Å². The first kappa shape index (κ1) is 13.0. The first-order valence-electron chi connectivity index (χ1n) is 6.09. The Morgan fingerprint density at radius 2 is 1.94 bits per heavy atom. The molecule has 0 spiro atoms. The minimum absolute atomic E-state index is 0. The molecule has 4 heteroatoms. The van der Waals surface area contributed by atoms with Crippen LogP contribution in [0.4, 0.5) is 0 Å². The number of rotatable bonds is 5. The summed E-state index contributed by atoms with van der Waals surface area (Å²) in [6.07, 6.45) is 6.58. The zero-order valence-corrected chi connectivity index (χ0v) is 9.87. The first-order valence-corrected chi connectivity index (χ1v) is 6.09. The summed E-state index contributed by atoms with van der Waals surface area (Å²) < 4.78 is 0. The molecule has 0 aromatic heterocycles. The molecule has 1 fully saturated rings. The van der Waals surface area contributed by atoms with E-state index in [1.165, 1.54) is 19.3 Å². The van der Waals surface area contributed by atoms with E-state index in [1.807, 2.05) is 0 Å². The van der Waals surface area contributed by atoms with Crippen LogP contribution in [-0.2, 0) is 9.59 Å². The second-order valence-corrected chi connectivity index (χ2v) is 4.75. The Hall–Kier alpha value is -1.06. The van der Waals surface area contributed by atoms with Crippen molar-refractivity contribution >= 4 is 11.9 Å². The van der Waals surface area contributed by atoms with Gasteiger partial charge in [0.1, 0.15) is 0 Å². The molecule has 92 valence electrons. The number of carbonyl (C=O) groups is 2. The highest BCUT2D eigenvalue weighted by molar-refractivity contribution is 5.77. The van der Waals surface area contributed by atoms with Crippen molar-refractivity contribution in [2.75, 3.05) is 6.54 Å². The second-order valence-electron chi connectivity index (χ2n) is 4.75. The number of hydrogen-bond acceptors (Lipinski definition) is 2. The van der Waals surface area contributed by atoms with E-state index in [2.05, 4.69) is 5.32 Å². The zero-order chi connectivity index (χ0) is 12.0. The van der Waals surface area contributed by atoms with Crippen molar-refractivity contribution in [2.45, 2.75) is 45.4 Å². The third-order valence-corrected chi connectivity index (χ3v) is 3.23. The van der Waals surface area contributed by atoms with Crippen molar-refractivity contribution in [3.05, 3.63) is 0 Å². The van der Waals surface area contributed by atoms with Gasteiger partial charge in [-0.15, -0.1) is 0 Å². The molecule has 1 saturated carbocycles. The molecule has 1 amide bonds. The Balaban J connectivity index is 2.17. The van der Waals surface area contributed by atoms with Crippen LogP contribution in [0.15, 0.2) is 0 Å². The lowest BCUT2D eigenvalue weighted by atomic mass is 9.87. The van der Waals surface area contributed by atoms with E-state index in [0.717, 1.165) is 12.8 Å². The normalized spacial score (nSPS) is 19.1. The van der Waals surface area contributed by atoms with Crippen molar-refractivity contribution < 1.29 is 14.7 Å². The van der Waals surface area contributed by atoms with Crippen LogP contribution in [0.1, 0.15) is 45.4 Å². The fourth-order valence-electron chi connectivity index (χ4n) is 2.08. The number of nitrogens with one attached hydrogen (secondary N) is 1. The maximum absolute atomic E-state index is 11.5. The second kappa shape index (κ2) is 6.51. The molecule has 0 heterocycles. The molecule has 0 bridgehead atoms. The van der Waals surface area contributed by atoms with E-state index in [9.17, 15) is 9.59 Å². The Morgan fingerprint density at radius 1 is 1.31 bits per heavy atom. The summed E-state index contributed by atoms with van der Waals surface area (Å²) in [5.74, 6) is -0.859. The molecular weight excluding hydrogens is 206 g/mol. The van der Waals surface area contributed by atoms with Gasteiger partial charge in [0.05, 0.1) is 5.92 Å². The van der Waals surface area contributed by atoms with Gasteiger partial charge in [-0.1, -0.05) is 26.2 Å². The van der Waals surface area contributed by atoms with Gasteiger partial charge >= 0.3 is 5.97 Å². The highest BCUT2D eigenvalue weighted by Gasteiger charge is 2.18. The molecule has 0 aromatic rings. The molecule has 0 aromatic carbocycles. The highest BCUT2D eigenvalue weighted by atomic mass is 16.4. The van der Waals surface area contributed by atoms with Crippen LogP contribution in [0.5, 0.6) is 0 Å². The van der Waals surface area contributed by atoms with E-state index in [0.29, 0.717) is 12.3 Å². The van der Waals surface area contributed by atoms with Gasteiger partial charge in [-0.3, -0.25) is 9.59 Å². The first-order chi connectivity index (χ1) is 7.59. The minimum Gasteiger partial charge on any atom is -0.481 e. The molecule has 1 atom stereocenters. The van der Waals surface area contributed by atoms with Gasteiger partial charge in [-0.2, -0.15) is 0 Å². The third-order valence-electron chi connectivity index (χ3n) is 3.23. The van der Waals surface area contributed by atoms with Crippen LogP contribution >= 0.6 is 0 Å². The fraction of sp³-hybridized carbons (Fsp3) is 0.833. The average molecular weight is 227 g/mol. The molecule has 0 aliphatic heterocycles. The fourth-order valence-corrected chi connectivity index (χ4v) is 2.08. The summed E-state index contributed by atoms with van der Waals surface area (Å²) >= 11 is 0. The van der Waals surface area contributed by atoms with Crippen LogP contribution in [0.3, 0.4) is 0 Å². The average Bonchev–Trinajstić information content (AvgIpc) is 2.27. The zero-order valence-electron chi connectivity index (χ0n) is 9.87. The third kappa shape index (κ3) is 4.64. The maximum Gasteiger partial charge on any atom is 0.308 e. The van der Waals surface area contributed by atoms with Gasteiger partial charge in [0.25, 0.3) is 0 Å². The van der Waals surface area contributed by atoms with Crippen LogP contribution < -0.4 is 5.32 Å². The van der Waals surface area contributed by atoms with E-state index >= 15 is 0 Å². The van der Waals surface area contributed by atoms with Crippen LogP contribution in [-0.4, -0.2) is 23.5 Å². The van der Waals surface area contributed by atoms with Gasteiger partial charge in [0.2, 0.25) is 5.91 Å². The van der Waals surface area contributed by atoms with Crippen LogP contribution in [0.2, 0.25) is 0 Å². The van der Waals surface area contributed by atoms with E-state index in [-0.39, 0.29) is 12.5 Å². The molecule has 0 saturated heterocycles. The summed E-state index contributed by atoms with van der Waals surface area (Å²) in [6, 6.07) is 0.